The fraction of sp³-hybridized carbons (Fsp3) is 0. The maximum Gasteiger partial charge on any atom is 0.195 e. The third kappa shape index (κ3) is 4.17. The molecule has 0 aliphatic rings. The smallest absolute Gasteiger partial charge is 0.195 e. The van der Waals surface area contributed by atoms with Crippen molar-refractivity contribution in [3.63, 3.8) is 0 Å². The van der Waals surface area contributed by atoms with E-state index in [1.165, 1.54) is 0 Å². The van der Waals surface area contributed by atoms with Crippen molar-refractivity contribution in [1.29, 1.82) is 0 Å². The predicted molar refractivity (Wildman–Crippen MR) is 190 cm³/mol. The van der Waals surface area contributed by atoms with Crippen LogP contribution in [0.5, 0.6) is 0 Å². The van der Waals surface area contributed by atoms with Crippen molar-refractivity contribution in [1.82, 2.24) is 24.3 Å². The average molecular weight is 622 g/mol. The normalized spacial score (nSPS) is 11.8. The van der Waals surface area contributed by atoms with Crippen LogP contribution in [0.15, 0.2) is 144 Å². The van der Waals surface area contributed by atoms with E-state index < -0.39 is 0 Å². The Morgan fingerprint density at radius 1 is 0.489 bits per heavy atom. The molecule has 0 atom stereocenters. The second-order valence-electron chi connectivity index (χ2n) is 11.5. The zero-order valence-corrected chi connectivity index (χ0v) is 25.6. The summed E-state index contributed by atoms with van der Waals surface area (Å²) in [7, 11) is 0. The molecule has 0 spiro atoms. The van der Waals surface area contributed by atoms with E-state index in [4.69, 9.17) is 24.4 Å². The van der Waals surface area contributed by atoms with Gasteiger partial charge in [-0.2, -0.15) is 0 Å². The van der Waals surface area contributed by atoms with E-state index in [0.29, 0.717) is 17.5 Å². The lowest BCUT2D eigenvalue weighted by Crippen LogP contribution is -2.00. The van der Waals surface area contributed by atoms with Crippen molar-refractivity contribution < 1.29 is 4.42 Å². The molecule has 4 heterocycles. The van der Waals surface area contributed by atoms with Crippen LogP contribution in [0, 0.1) is 0 Å². The molecule has 0 saturated heterocycles. The van der Waals surface area contributed by atoms with E-state index in [1.807, 2.05) is 72.8 Å². The number of para-hydroxylation sites is 2. The standard InChI is InChI=1S/C40H23N5OS/c1-3-10-25(11-4-1)37-42-38(26-12-5-2-6-13-26)44-39(43-37)27-20-18-24(19-21-27)28-14-9-17-33-36(28)29-22-32-35(23-34(29)46-33)47-40-41-30-15-7-8-16-31(30)45(32)40/h1-23H. The van der Waals surface area contributed by atoms with Crippen LogP contribution in [-0.2, 0) is 0 Å². The van der Waals surface area contributed by atoms with Gasteiger partial charge in [-0.25, -0.2) is 19.9 Å². The third-order valence-corrected chi connectivity index (χ3v) is 9.71. The first-order valence-corrected chi connectivity index (χ1v) is 16.2. The number of furan rings is 1. The molecule has 4 aromatic heterocycles. The zero-order valence-electron chi connectivity index (χ0n) is 24.8. The molecule has 47 heavy (non-hydrogen) atoms. The van der Waals surface area contributed by atoms with Crippen molar-refractivity contribution in [3.8, 4) is 45.3 Å². The summed E-state index contributed by atoms with van der Waals surface area (Å²) >= 11 is 1.69. The summed E-state index contributed by atoms with van der Waals surface area (Å²) in [6.45, 7) is 0. The van der Waals surface area contributed by atoms with Gasteiger partial charge in [0.2, 0.25) is 0 Å². The van der Waals surface area contributed by atoms with Crippen LogP contribution in [0.2, 0.25) is 0 Å². The lowest BCUT2D eigenvalue weighted by Gasteiger charge is -2.09. The molecule has 0 aliphatic heterocycles. The number of fused-ring (bicyclic) bond motifs is 8. The minimum absolute atomic E-state index is 0.632. The fourth-order valence-corrected chi connectivity index (χ4v) is 7.53. The fourth-order valence-electron chi connectivity index (χ4n) is 6.48. The number of imidazole rings is 1. The summed E-state index contributed by atoms with van der Waals surface area (Å²) < 4.78 is 9.84. The van der Waals surface area contributed by atoms with Crippen LogP contribution in [0.25, 0.3) is 93.4 Å². The second-order valence-corrected chi connectivity index (χ2v) is 12.5. The van der Waals surface area contributed by atoms with Gasteiger partial charge in [0.25, 0.3) is 0 Å². The third-order valence-electron chi connectivity index (χ3n) is 8.70. The van der Waals surface area contributed by atoms with Gasteiger partial charge in [0.1, 0.15) is 11.2 Å². The monoisotopic (exact) mass is 621 g/mol. The number of hydrogen-bond acceptors (Lipinski definition) is 6. The van der Waals surface area contributed by atoms with Gasteiger partial charge in [-0.15, -0.1) is 0 Å². The SMILES string of the molecule is c1ccc(-c2nc(-c3ccccc3)nc(-c3ccc(-c4cccc5oc6cc7sc8nc9ccccc9n8c7cc6c45)cc3)n2)cc1. The molecule has 220 valence electrons. The Morgan fingerprint density at radius 3 is 1.81 bits per heavy atom. The van der Waals surface area contributed by atoms with Crippen LogP contribution in [0.1, 0.15) is 0 Å². The van der Waals surface area contributed by atoms with Crippen molar-refractivity contribution in [2.24, 2.45) is 0 Å². The summed E-state index contributed by atoms with van der Waals surface area (Å²) in [6, 6.07) is 47.5. The van der Waals surface area contributed by atoms with Gasteiger partial charge >= 0.3 is 0 Å². The molecule has 0 N–H and O–H groups in total. The first-order chi connectivity index (χ1) is 23.3. The van der Waals surface area contributed by atoms with Crippen LogP contribution in [0.3, 0.4) is 0 Å². The number of benzene rings is 6. The second kappa shape index (κ2) is 10.2. The van der Waals surface area contributed by atoms with E-state index in [0.717, 1.165) is 76.0 Å². The number of nitrogens with zero attached hydrogens (tertiary/aromatic N) is 5. The molecule has 6 aromatic carbocycles. The lowest BCUT2D eigenvalue weighted by atomic mass is 9.98. The maximum absolute atomic E-state index is 6.44. The Kier molecular flexibility index (Phi) is 5.64. The van der Waals surface area contributed by atoms with Crippen molar-refractivity contribution >= 4 is 59.5 Å². The highest BCUT2D eigenvalue weighted by molar-refractivity contribution is 7.23. The molecule has 0 unspecified atom stereocenters. The average Bonchev–Trinajstić information content (AvgIpc) is 3.80. The summed E-state index contributed by atoms with van der Waals surface area (Å²) in [5, 5.41) is 2.18. The Morgan fingerprint density at radius 2 is 1.11 bits per heavy atom. The predicted octanol–water partition coefficient (Wildman–Crippen LogP) is 10.5. The van der Waals surface area contributed by atoms with E-state index in [1.54, 1.807) is 11.3 Å². The van der Waals surface area contributed by atoms with Crippen LogP contribution in [0.4, 0.5) is 0 Å². The Hall–Kier alpha value is -6.18. The molecule has 10 rings (SSSR count). The minimum atomic E-state index is 0.632. The first kappa shape index (κ1) is 26.1. The highest BCUT2D eigenvalue weighted by Crippen LogP contribution is 2.41. The molecule has 0 amide bonds. The van der Waals surface area contributed by atoms with Gasteiger partial charge in [0.05, 0.1) is 21.3 Å². The highest BCUT2D eigenvalue weighted by Gasteiger charge is 2.18. The largest absolute Gasteiger partial charge is 0.456 e. The molecule has 0 bridgehead atoms. The molecule has 7 heteroatoms. The molecule has 0 aliphatic carbocycles. The quantitative estimate of drug-likeness (QED) is 0.196. The number of hydrogen-bond donors (Lipinski definition) is 0. The number of aromatic nitrogens is 5. The van der Waals surface area contributed by atoms with Crippen LogP contribution >= 0.6 is 11.3 Å². The zero-order chi connectivity index (χ0) is 30.9. The molecule has 0 radical (unpaired) electrons. The molecule has 6 nitrogen and oxygen atoms in total. The van der Waals surface area contributed by atoms with E-state index in [2.05, 4.69) is 71.1 Å². The molecular weight excluding hydrogens is 599 g/mol. The summed E-state index contributed by atoms with van der Waals surface area (Å²) in [5.41, 5.74) is 10.0. The molecule has 10 aromatic rings. The van der Waals surface area contributed by atoms with E-state index >= 15 is 0 Å². The van der Waals surface area contributed by atoms with Crippen LogP contribution < -0.4 is 0 Å². The topological polar surface area (TPSA) is 69.1 Å². The van der Waals surface area contributed by atoms with Gasteiger partial charge in [0.15, 0.2) is 22.4 Å². The maximum atomic E-state index is 6.44. The highest BCUT2D eigenvalue weighted by atomic mass is 32.1. The lowest BCUT2D eigenvalue weighted by molar-refractivity contribution is 0.669. The Balaban J connectivity index is 1.11. The van der Waals surface area contributed by atoms with Gasteiger partial charge < -0.3 is 4.42 Å². The molecular formula is C40H23N5OS. The molecule has 0 saturated carbocycles. The Bertz CT molecular complexity index is 2720. The van der Waals surface area contributed by atoms with Crippen LogP contribution in [-0.4, -0.2) is 24.3 Å². The van der Waals surface area contributed by atoms with Crippen molar-refractivity contribution in [2.75, 3.05) is 0 Å². The number of rotatable bonds is 4. The molecule has 0 fully saturated rings. The van der Waals surface area contributed by atoms with E-state index in [9.17, 15) is 0 Å². The summed E-state index contributed by atoms with van der Waals surface area (Å²) in [5.74, 6) is 1.92. The van der Waals surface area contributed by atoms with Gasteiger partial charge in [-0.3, -0.25) is 4.40 Å². The summed E-state index contributed by atoms with van der Waals surface area (Å²) in [6.07, 6.45) is 0. The van der Waals surface area contributed by atoms with Crippen molar-refractivity contribution in [3.05, 3.63) is 140 Å². The van der Waals surface area contributed by atoms with Gasteiger partial charge in [-0.05, 0) is 35.4 Å². The van der Waals surface area contributed by atoms with E-state index in [-0.39, 0.29) is 0 Å². The minimum Gasteiger partial charge on any atom is -0.456 e. The van der Waals surface area contributed by atoms with Crippen molar-refractivity contribution in [2.45, 2.75) is 0 Å². The summed E-state index contributed by atoms with van der Waals surface area (Å²) in [4.78, 5) is 20.5. The Labute approximate surface area is 272 Å². The van der Waals surface area contributed by atoms with Gasteiger partial charge in [-0.1, -0.05) is 121 Å². The number of thiazole rings is 1. The van der Waals surface area contributed by atoms with Gasteiger partial charge in [0, 0.05) is 33.5 Å². The first-order valence-electron chi connectivity index (χ1n) is 15.4.